The lowest BCUT2D eigenvalue weighted by Crippen LogP contribution is -2.15. The minimum atomic E-state index is 0.462. The van der Waals surface area contributed by atoms with Crippen molar-refractivity contribution >= 4 is 0 Å². The van der Waals surface area contributed by atoms with E-state index in [1.54, 1.807) is 0 Å². The van der Waals surface area contributed by atoms with Crippen LogP contribution in [0.4, 0.5) is 0 Å². The quantitative estimate of drug-likeness (QED) is 0.788. The molecule has 124 valence electrons. The molecule has 5 nitrogen and oxygen atoms in total. The van der Waals surface area contributed by atoms with Crippen LogP contribution >= 0.6 is 0 Å². The van der Waals surface area contributed by atoms with Crippen LogP contribution in [0.25, 0.3) is 0 Å². The highest BCUT2D eigenvalue weighted by Crippen LogP contribution is 2.24. The molecule has 2 aromatic rings. The predicted octanol–water partition coefficient (Wildman–Crippen LogP) is 3.15. The Bertz CT molecular complexity index is 590. The third-order valence-corrected chi connectivity index (χ3v) is 4.43. The van der Waals surface area contributed by atoms with E-state index in [0.29, 0.717) is 5.92 Å². The Labute approximate surface area is 138 Å². The number of pyridine rings is 1. The van der Waals surface area contributed by atoms with Gasteiger partial charge in [0.15, 0.2) is 5.82 Å². The van der Waals surface area contributed by atoms with Crippen LogP contribution in [0.15, 0.2) is 24.5 Å². The third kappa shape index (κ3) is 4.38. The fourth-order valence-corrected chi connectivity index (χ4v) is 3.00. The van der Waals surface area contributed by atoms with Gasteiger partial charge in [-0.05, 0) is 37.3 Å². The van der Waals surface area contributed by atoms with Crippen molar-refractivity contribution in [2.45, 2.75) is 57.9 Å². The molecule has 1 aliphatic heterocycles. The molecule has 3 heterocycles. The van der Waals surface area contributed by atoms with Gasteiger partial charge in [-0.15, -0.1) is 0 Å². The van der Waals surface area contributed by atoms with Crippen molar-refractivity contribution in [2.75, 3.05) is 13.2 Å². The summed E-state index contributed by atoms with van der Waals surface area (Å²) >= 11 is 0. The van der Waals surface area contributed by atoms with Gasteiger partial charge < -0.3 is 4.74 Å². The van der Waals surface area contributed by atoms with Crippen molar-refractivity contribution in [3.63, 3.8) is 0 Å². The summed E-state index contributed by atoms with van der Waals surface area (Å²) in [5.74, 6) is 2.60. The van der Waals surface area contributed by atoms with Crippen LogP contribution in [-0.4, -0.2) is 33.0 Å². The zero-order valence-electron chi connectivity index (χ0n) is 13.9. The number of ether oxygens (including phenoxy) is 1. The number of hydrogen-bond donors (Lipinski definition) is 0. The van der Waals surface area contributed by atoms with Gasteiger partial charge in [0.1, 0.15) is 5.82 Å². The molecular weight excluding hydrogens is 288 g/mol. The minimum Gasteiger partial charge on any atom is -0.381 e. The van der Waals surface area contributed by atoms with Crippen LogP contribution in [0, 0.1) is 0 Å². The van der Waals surface area contributed by atoms with E-state index in [9.17, 15) is 0 Å². The maximum Gasteiger partial charge on any atom is 0.154 e. The second-order valence-corrected chi connectivity index (χ2v) is 6.21. The number of unbranched alkanes of at least 4 members (excludes halogenated alkanes) is 1. The molecule has 0 radical (unpaired) electrons. The first kappa shape index (κ1) is 16.1. The molecule has 2 aromatic heterocycles. The summed E-state index contributed by atoms with van der Waals surface area (Å²) in [6.45, 7) is 4.85. The molecule has 0 aliphatic carbocycles. The molecule has 0 spiro atoms. The van der Waals surface area contributed by atoms with E-state index in [1.165, 1.54) is 12.0 Å². The third-order valence-electron chi connectivity index (χ3n) is 4.43. The lowest BCUT2D eigenvalue weighted by Gasteiger charge is -2.18. The molecule has 1 fully saturated rings. The predicted molar refractivity (Wildman–Crippen MR) is 89.4 cm³/mol. The highest BCUT2D eigenvalue weighted by atomic mass is 16.5. The first-order valence-corrected chi connectivity index (χ1v) is 8.77. The summed E-state index contributed by atoms with van der Waals surface area (Å²) in [5, 5.41) is 4.82. The Hall–Kier alpha value is -1.75. The summed E-state index contributed by atoms with van der Waals surface area (Å²) in [6.07, 6.45) is 10.0. The average Bonchev–Trinajstić information content (AvgIpc) is 3.03. The molecule has 0 amide bonds. The van der Waals surface area contributed by atoms with Gasteiger partial charge >= 0.3 is 0 Å². The van der Waals surface area contributed by atoms with Gasteiger partial charge in [0.25, 0.3) is 0 Å². The monoisotopic (exact) mass is 314 g/mol. The summed E-state index contributed by atoms with van der Waals surface area (Å²) in [7, 11) is 0. The smallest absolute Gasteiger partial charge is 0.154 e. The second kappa shape index (κ2) is 8.20. The molecule has 0 saturated carbocycles. The van der Waals surface area contributed by atoms with Crippen molar-refractivity contribution in [1.29, 1.82) is 0 Å². The topological polar surface area (TPSA) is 52.8 Å². The average molecular weight is 314 g/mol. The van der Waals surface area contributed by atoms with Crippen molar-refractivity contribution < 1.29 is 4.74 Å². The fraction of sp³-hybridized carbons (Fsp3) is 0.611. The summed E-state index contributed by atoms with van der Waals surface area (Å²) in [5.41, 5.74) is 1.25. The van der Waals surface area contributed by atoms with Gasteiger partial charge in [0.05, 0.1) is 0 Å². The SMILES string of the molecule is CCCCn1nc(C2CCOCC2)nc1CCc1cccnc1. The standard InChI is InChI=1S/C18H26N4O/c1-2-3-11-22-17(7-6-15-5-4-10-19-14-15)20-18(21-22)16-8-12-23-13-9-16/h4-5,10,14,16H,2-3,6-9,11-13H2,1H3. The van der Waals surface area contributed by atoms with Gasteiger partial charge in [-0.1, -0.05) is 19.4 Å². The molecule has 23 heavy (non-hydrogen) atoms. The van der Waals surface area contributed by atoms with Crippen molar-refractivity contribution in [3.8, 4) is 0 Å². The summed E-state index contributed by atoms with van der Waals surface area (Å²) in [4.78, 5) is 9.07. The number of aryl methyl sites for hydroxylation is 3. The van der Waals surface area contributed by atoms with Crippen LogP contribution < -0.4 is 0 Å². The van der Waals surface area contributed by atoms with E-state index in [-0.39, 0.29) is 0 Å². The Morgan fingerprint density at radius 3 is 2.87 bits per heavy atom. The molecule has 0 N–H and O–H groups in total. The van der Waals surface area contributed by atoms with E-state index in [0.717, 1.165) is 63.5 Å². The zero-order chi connectivity index (χ0) is 15.9. The molecular formula is C18H26N4O. The van der Waals surface area contributed by atoms with Gasteiger partial charge in [-0.2, -0.15) is 5.10 Å². The molecule has 1 aliphatic rings. The van der Waals surface area contributed by atoms with Gasteiger partial charge in [-0.25, -0.2) is 9.67 Å². The van der Waals surface area contributed by atoms with Crippen molar-refractivity contribution in [3.05, 3.63) is 41.7 Å². The highest BCUT2D eigenvalue weighted by molar-refractivity contribution is 5.10. The lowest BCUT2D eigenvalue weighted by molar-refractivity contribution is 0.0835. The number of rotatable bonds is 7. The first-order valence-electron chi connectivity index (χ1n) is 8.77. The summed E-state index contributed by atoms with van der Waals surface area (Å²) < 4.78 is 7.59. The summed E-state index contributed by atoms with van der Waals surface area (Å²) in [6, 6.07) is 4.11. The maximum absolute atomic E-state index is 5.46. The molecule has 0 aromatic carbocycles. The van der Waals surface area contributed by atoms with E-state index in [1.807, 2.05) is 18.5 Å². The van der Waals surface area contributed by atoms with E-state index < -0.39 is 0 Å². The first-order chi connectivity index (χ1) is 11.4. The highest BCUT2D eigenvalue weighted by Gasteiger charge is 2.21. The Morgan fingerprint density at radius 1 is 1.26 bits per heavy atom. The van der Waals surface area contributed by atoms with Crippen LogP contribution in [0.3, 0.4) is 0 Å². The Morgan fingerprint density at radius 2 is 2.13 bits per heavy atom. The van der Waals surface area contributed by atoms with E-state index >= 15 is 0 Å². The van der Waals surface area contributed by atoms with Crippen LogP contribution in [-0.2, 0) is 24.1 Å². The zero-order valence-corrected chi connectivity index (χ0v) is 13.9. The molecule has 3 rings (SSSR count). The minimum absolute atomic E-state index is 0.462. The van der Waals surface area contributed by atoms with Crippen molar-refractivity contribution in [2.24, 2.45) is 0 Å². The maximum atomic E-state index is 5.46. The number of hydrogen-bond acceptors (Lipinski definition) is 4. The van der Waals surface area contributed by atoms with Crippen molar-refractivity contribution in [1.82, 2.24) is 19.7 Å². The van der Waals surface area contributed by atoms with E-state index in [4.69, 9.17) is 14.8 Å². The molecule has 0 unspecified atom stereocenters. The van der Waals surface area contributed by atoms with Crippen LogP contribution in [0.2, 0.25) is 0 Å². The normalized spacial score (nSPS) is 15.9. The van der Waals surface area contributed by atoms with E-state index in [2.05, 4.69) is 22.7 Å². The van der Waals surface area contributed by atoms with Gasteiger partial charge in [0, 0.05) is 44.5 Å². The number of nitrogens with zero attached hydrogens (tertiary/aromatic N) is 4. The largest absolute Gasteiger partial charge is 0.381 e. The molecule has 5 heteroatoms. The Balaban J connectivity index is 1.71. The van der Waals surface area contributed by atoms with Crippen LogP contribution in [0.1, 0.15) is 55.7 Å². The molecule has 1 saturated heterocycles. The van der Waals surface area contributed by atoms with Gasteiger partial charge in [-0.3, -0.25) is 4.98 Å². The lowest BCUT2D eigenvalue weighted by atomic mass is 10.00. The Kier molecular flexibility index (Phi) is 5.75. The molecule has 0 atom stereocenters. The van der Waals surface area contributed by atoms with Crippen LogP contribution in [0.5, 0.6) is 0 Å². The number of aromatic nitrogens is 4. The van der Waals surface area contributed by atoms with Gasteiger partial charge in [0.2, 0.25) is 0 Å². The second-order valence-electron chi connectivity index (χ2n) is 6.21. The fourth-order valence-electron chi connectivity index (χ4n) is 3.00. The molecule has 0 bridgehead atoms.